The summed E-state index contributed by atoms with van der Waals surface area (Å²) in [6.45, 7) is 2.43. The summed E-state index contributed by atoms with van der Waals surface area (Å²) in [5.74, 6) is -0.504. The third kappa shape index (κ3) is 4.69. The quantitative estimate of drug-likeness (QED) is 0.326. The highest BCUT2D eigenvalue weighted by atomic mass is 32.2. The third-order valence-corrected chi connectivity index (χ3v) is 7.27. The number of nitrogens with zero attached hydrogens (tertiary/aromatic N) is 3. The van der Waals surface area contributed by atoms with Crippen LogP contribution >= 0.6 is 11.3 Å². The molecule has 1 heterocycles. The van der Waals surface area contributed by atoms with Gasteiger partial charge in [0.1, 0.15) is 0 Å². The van der Waals surface area contributed by atoms with Crippen molar-refractivity contribution >= 4 is 48.9 Å². The van der Waals surface area contributed by atoms with Gasteiger partial charge in [-0.1, -0.05) is 29.5 Å². The number of aryl methyl sites for hydroxylation is 1. The fraction of sp³-hybridized carbons (Fsp3) is 0.0909. The molecule has 0 radical (unpaired) electrons. The van der Waals surface area contributed by atoms with Crippen LogP contribution in [0.4, 0.5) is 11.4 Å². The van der Waals surface area contributed by atoms with Crippen molar-refractivity contribution in [2.75, 3.05) is 4.72 Å². The Bertz CT molecular complexity index is 1520. The summed E-state index contributed by atoms with van der Waals surface area (Å²) < 4.78 is 29.8. The van der Waals surface area contributed by atoms with Crippen molar-refractivity contribution in [1.29, 1.82) is 0 Å². The predicted octanol–water partition coefficient (Wildman–Crippen LogP) is 4.17. The van der Waals surface area contributed by atoms with Gasteiger partial charge in [0.15, 0.2) is 4.80 Å². The zero-order valence-corrected chi connectivity index (χ0v) is 19.0. The summed E-state index contributed by atoms with van der Waals surface area (Å²) in [7, 11) is -3.74. The van der Waals surface area contributed by atoms with Gasteiger partial charge in [-0.3, -0.25) is 19.6 Å². The van der Waals surface area contributed by atoms with Crippen LogP contribution in [0.15, 0.2) is 82.7 Å². The first-order chi connectivity index (χ1) is 15.8. The van der Waals surface area contributed by atoms with Gasteiger partial charge in [0.2, 0.25) is 0 Å². The number of anilines is 1. The van der Waals surface area contributed by atoms with Gasteiger partial charge in [-0.25, -0.2) is 8.42 Å². The molecule has 3 aromatic carbocycles. The first-order valence-electron chi connectivity index (χ1n) is 9.83. The number of thiazole rings is 1. The van der Waals surface area contributed by atoms with Crippen LogP contribution in [-0.2, 0) is 16.6 Å². The molecule has 0 spiro atoms. The Kier molecular flexibility index (Phi) is 6.07. The number of hydrogen-bond acceptors (Lipinski definition) is 6. The van der Waals surface area contributed by atoms with Crippen LogP contribution in [0, 0.1) is 10.1 Å². The lowest BCUT2D eigenvalue weighted by Crippen LogP contribution is -2.16. The molecule has 0 unspecified atom stereocenters. The number of fused-ring (bicyclic) bond motifs is 1. The number of sulfonamides is 1. The molecule has 0 saturated heterocycles. The second kappa shape index (κ2) is 8.96. The molecule has 0 fully saturated rings. The molecule has 1 N–H and O–H groups in total. The van der Waals surface area contributed by atoms with Crippen molar-refractivity contribution in [2.24, 2.45) is 4.99 Å². The Morgan fingerprint density at radius 2 is 1.79 bits per heavy atom. The van der Waals surface area contributed by atoms with Crippen molar-refractivity contribution in [3.05, 3.63) is 93.3 Å². The molecule has 0 aliphatic rings. The molecule has 1 amide bonds. The van der Waals surface area contributed by atoms with E-state index in [-0.39, 0.29) is 16.1 Å². The van der Waals surface area contributed by atoms with E-state index in [9.17, 15) is 23.3 Å². The van der Waals surface area contributed by atoms with Gasteiger partial charge in [0.25, 0.3) is 21.6 Å². The first-order valence-corrected chi connectivity index (χ1v) is 12.1. The van der Waals surface area contributed by atoms with Crippen LogP contribution < -0.4 is 9.52 Å². The van der Waals surface area contributed by atoms with Crippen LogP contribution in [0.3, 0.4) is 0 Å². The minimum absolute atomic E-state index is 0.0292. The summed E-state index contributed by atoms with van der Waals surface area (Å²) >= 11 is 1.19. The van der Waals surface area contributed by atoms with Crippen LogP contribution in [0.5, 0.6) is 0 Å². The minimum Gasteiger partial charge on any atom is -0.317 e. The van der Waals surface area contributed by atoms with E-state index in [0.29, 0.717) is 21.7 Å². The van der Waals surface area contributed by atoms with Gasteiger partial charge in [0.05, 0.1) is 20.0 Å². The molecule has 168 valence electrons. The number of rotatable bonds is 6. The van der Waals surface area contributed by atoms with E-state index in [1.165, 1.54) is 59.9 Å². The van der Waals surface area contributed by atoms with Gasteiger partial charge in [-0.15, -0.1) is 0 Å². The topological polar surface area (TPSA) is 124 Å². The summed E-state index contributed by atoms with van der Waals surface area (Å²) in [5, 5.41) is 11.0. The maximum atomic E-state index is 12.7. The molecule has 11 heteroatoms. The van der Waals surface area contributed by atoms with E-state index in [1.807, 2.05) is 11.5 Å². The fourth-order valence-corrected chi connectivity index (χ4v) is 5.42. The summed E-state index contributed by atoms with van der Waals surface area (Å²) in [6, 6.07) is 18.4. The number of nitrogens with one attached hydrogen (secondary N) is 1. The molecule has 0 aliphatic carbocycles. The van der Waals surface area contributed by atoms with Crippen LogP contribution in [0.2, 0.25) is 0 Å². The summed E-state index contributed by atoms with van der Waals surface area (Å²) in [4.78, 5) is 28.1. The largest absolute Gasteiger partial charge is 0.317 e. The SMILES string of the molecule is CCn1c(=NC(=O)c2ccc(NS(=O)(=O)c3ccccc3)cc2)sc2cc([N+](=O)[O-])ccc21. The summed E-state index contributed by atoms with van der Waals surface area (Å²) in [5.41, 5.74) is 1.32. The Morgan fingerprint density at radius 3 is 2.42 bits per heavy atom. The molecule has 0 aliphatic heterocycles. The second-order valence-corrected chi connectivity index (χ2v) is 9.64. The average Bonchev–Trinajstić information content (AvgIpc) is 3.15. The first kappa shape index (κ1) is 22.4. The molecule has 0 atom stereocenters. The molecule has 33 heavy (non-hydrogen) atoms. The highest BCUT2D eigenvalue weighted by Gasteiger charge is 2.15. The smallest absolute Gasteiger partial charge is 0.279 e. The number of amides is 1. The Labute approximate surface area is 192 Å². The van der Waals surface area contributed by atoms with Crippen molar-refractivity contribution in [3.8, 4) is 0 Å². The number of benzene rings is 3. The number of aromatic nitrogens is 1. The number of hydrogen-bond donors (Lipinski definition) is 1. The molecular weight excluding hydrogens is 464 g/mol. The van der Waals surface area contributed by atoms with E-state index < -0.39 is 20.9 Å². The molecule has 9 nitrogen and oxygen atoms in total. The van der Waals surface area contributed by atoms with E-state index in [1.54, 1.807) is 24.3 Å². The van der Waals surface area contributed by atoms with E-state index in [2.05, 4.69) is 9.71 Å². The fourth-order valence-electron chi connectivity index (χ4n) is 3.21. The lowest BCUT2D eigenvalue weighted by atomic mass is 10.2. The second-order valence-electron chi connectivity index (χ2n) is 6.95. The Balaban J connectivity index is 1.61. The van der Waals surface area contributed by atoms with E-state index in [4.69, 9.17) is 0 Å². The van der Waals surface area contributed by atoms with Gasteiger partial charge in [-0.05, 0) is 49.4 Å². The van der Waals surface area contributed by atoms with Crippen LogP contribution in [-0.4, -0.2) is 23.8 Å². The molecule has 0 bridgehead atoms. The highest BCUT2D eigenvalue weighted by Crippen LogP contribution is 2.23. The zero-order chi connectivity index (χ0) is 23.6. The number of carbonyl (C=O) groups excluding carboxylic acids is 1. The number of nitro groups is 1. The van der Waals surface area contributed by atoms with Gasteiger partial charge < -0.3 is 4.57 Å². The lowest BCUT2D eigenvalue weighted by molar-refractivity contribution is -0.384. The number of nitro benzene ring substituents is 1. The molecule has 0 saturated carbocycles. The number of carbonyl (C=O) groups is 1. The van der Waals surface area contributed by atoms with Gasteiger partial charge in [0, 0.05) is 29.9 Å². The van der Waals surface area contributed by atoms with E-state index >= 15 is 0 Å². The van der Waals surface area contributed by atoms with Crippen molar-refractivity contribution in [3.63, 3.8) is 0 Å². The monoisotopic (exact) mass is 482 g/mol. The summed E-state index contributed by atoms with van der Waals surface area (Å²) in [6.07, 6.45) is 0. The maximum absolute atomic E-state index is 12.7. The minimum atomic E-state index is -3.74. The number of non-ortho nitro benzene ring substituents is 1. The average molecular weight is 483 g/mol. The van der Waals surface area contributed by atoms with Crippen molar-refractivity contribution in [1.82, 2.24) is 4.57 Å². The van der Waals surface area contributed by atoms with Gasteiger partial charge >= 0.3 is 0 Å². The molecule has 1 aromatic heterocycles. The molecule has 4 rings (SSSR count). The zero-order valence-electron chi connectivity index (χ0n) is 17.3. The van der Waals surface area contributed by atoms with Crippen LogP contribution in [0.25, 0.3) is 10.2 Å². The standard InChI is InChI=1S/C22H18N4O5S2/c1-2-25-19-13-12-17(26(28)29)14-20(19)32-22(25)23-21(27)15-8-10-16(11-9-15)24-33(30,31)18-6-4-3-5-7-18/h3-14,24H,2H2,1H3. The molecular formula is C22H18N4O5S2. The Hall–Kier alpha value is -3.83. The highest BCUT2D eigenvalue weighted by molar-refractivity contribution is 7.92. The predicted molar refractivity (Wildman–Crippen MR) is 126 cm³/mol. The normalized spacial score (nSPS) is 12.1. The van der Waals surface area contributed by atoms with Gasteiger partial charge in [-0.2, -0.15) is 4.99 Å². The third-order valence-electron chi connectivity index (χ3n) is 4.83. The molecule has 4 aromatic rings. The Morgan fingerprint density at radius 1 is 1.09 bits per heavy atom. The van der Waals surface area contributed by atoms with Crippen LogP contribution in [0.1, 0.15) is 17.3 Å². The maximum Gasteiger partial charge on any atom is 0.279 e. The van der Waals surface area contributed by atoms with E-state index in [0.717, 1.165) is 5.52 Å². The lowest BCUT2D eigenvalue weighted by Gasteiger charge is -2.08. The van der Waals surface area contributed by atoms with Crippen molar-refractivity contribution in [2.45, 2.75) is 18.4 Å². The van der Waals surface area contributed by atoms with Crippen molar-refractivity contribution < 1.29 is 18.1 Å².